The van der Waals surface area contributed by atoms with Crippen LogP contribution in [0.5, 0.6) is 0 Å². The van der Waals surface area contributed by atoms with Gasteiger partial charge in [0.25, 0.3) is 0 Å². The maximum Gasteiger partial charge on any atom is 0.0366 e. The van der Waals surface area contributed by atoms with E-state index >= 15 is 0 Å². The van der Waals surface area contributed by atoms with Gasteiger partial charge in [0, 0.05) is 24.8 Å². The molecule has 0 aliphatic heterocycles. The summed E-state index contributed by atoms with van der Waals surface area (Å²) in [6.07, 6.45) is 2.53. The van der Waals surface area contributed by atoms with Crippen LogP contribution in [-0.2, 0) is 0 Å². The minimum Gasteiger partial charge on any atom is -0.372 e. The van der Waals surface area contributed by atoms with E-state index in [1.54, 1.807) is 0 Å². The van der Waals surface area contributed by atoms with Gasteiger partial charge >= 0.3 is 0 Å². The molecule has 0 amide bonds. The van der Waals surface area contributed by atoms with Gasteiger partial charge in [0.1, 0.15) is 0 Å². The van der Waals surface area contributed by atoms with Crippen LogP contribution in [0.3, 0.4) is 0 Å². The number of hydrogen-bond acceptors (Lipinski definition) is 2. The van der Waals surface area contributed by atoms with E-state index in [4.69, 9.17) is 0 Å². The molecule has 114 valence electrons. The fourth-order valence-corrected chi connectivity index (χ4v) is 2.67. The van der Waals surface area contributed by atoms with E-state index in [-0.39, 0.29) is 0 Å². The van der Waals surface area contributed by atoms with Crippen LogP contribution in [0, 0.1) is 5.92 Å². The van der Waals surface area contributed by atoms with E-state index in [0.29, 0.717) is 6.04 Å². The molecule has 1 aromatic rings. The van der Waals surface area contributed by atoms with E-state index in [0.717, 1.165) is 19.0 Å². The first-order valence-corrected chi connectivity index (χ1v) is 8.24. The van der Waals surface area contributed by atoms with Crippen molar-refractivity contribution in [1.29, 1.82) is 0 Å². The second-order valence-corrected chi connectivity index (χ2v) is 5.59. The largest absolute Gasteiger partial charge is 0.372 e. The standard InChI is InChI=1S/C18H32N2/c1-6-16(7-2)14-20(9-4)18-12-10-17(11-13-18)15(5)19-8-3/h10-13,15-16,19H,6-9,14H2,1-5H3. The highest BCUT2D eigenvalue weighted by atomic mass is 15.1. The predicted molar refractivity (Wildman–Crippen MR) is 90.5 cm³/mol. The molecule has 0 heterocycles. The Morgan fingerprint density at radius 3 is 2.05 bits per heavy atom. The van der Waals surface area contributed by atoms with Gasteiger partial charge in [-0.2, -0.15) is 0 Å². The molecular weight excluding hydrogens is 244 g/mol. The molecule has 0 bridgehead atoms. The molecule has 1 N–H and O–H groups in total. The third-order valence-corrected chi connectivity index (χ3v) is 4.28. The molecule has 1 atom stereocenters. The van der Waals surface area contributed by atoms with Crippen molar-refractivity contribution in [2.75, 3.05) is 24.5 Å². The third-order valence-electron chi connectivity index (χ3n) is 4.28. The molecule has 1 unspecified atom stereocenters. The summed E-state index contributed by atoms with van der Waals surface area (Å²) in [6.45, 7) is 14.5. The molecule has 1 aromatic carbocycles. The number of hydrogen-bond donors (Lipinski definition) is 1. The van der Waals surface area contributed by atoms with Crippen LogP contribution in [-0.4, -0.2) is 19.6 Å². The lowest BCUT2D eigenvalue weighted by Crippen LogP contribution is -2.29. The molecule has 0 spiro atoms. The highest BCUT2D eigenvalue weighted by Crippen LogP contribution is 2.21. The van der Waals surface area contributed by atoms with Gasteiger partial charge in [-0.05, 0) is 44.0 Å². The van der Waals surface area contributed by atoms with Crippen molar-refractivity contribution in [2.45, 2.75) is 53.5 Å². The second kappa shape index (κ2) is 9.02. The summed E-state index contributed by atoms with van der Waals surface area (Å²) in [4.78, 5) is 2.50. The summed E-state index contributed by atoms with van der Waals surface area (Å²) in [5, 5.41) is 3.46. The summed E-state index contributed by atoms with van der Waals surface area (Å²) >= 11 is 0. The van der Waals surface area contributed by atoms with Crippen LogP contribution in [0.25, 0.3) is 0 Å². The molecule has 2 nitrogen and oxygen atoms in total. The lowest BCUT2D eigenvalue weighted by Gasteiger charge is -2.28. The first-order valence-electron chi connectivity index (χ1n) is 8.24. The van der Waals surface area contributed by atoms with Crippen molar-refractivity contribution >= 4 is 5.69 Å². The Morgan fingerprint density at radius 1 is 1.00 bits per heavy atom. The van der Waals surface area contributed by atoms with Gasteiger partial charge in [0.2, 0.25) is 0 Å². The van der Waals surface area contributed by atoms with Gasteiger partial charge in [0.05, 0.1) is 0 Å². The maximum atomic E-state index is 3.46. The van der Waals surface area contributed by atoms with Crippen LogP contribution in [0.2, 0.25) is 0 Å². The van der Waals surface area contributed by atoms with Gasteiger partial charge < -0.3 is 10.2 Å². The zero-order valence-corrected chi connectivity index (χ0v) is 13.9. The van der Waals surface area contributed by atoms with Crippen LogP contribution in [0.15, 0.2) is 24.3 Å². The summed E-state index contributed by atoms with van der Waals surface area (Å²) in [5.74, 6) is 0.801. The van der Waals surface area contributed by atoms with Crippen molar-refractivity contribution in [1.82, 2.24) is 5.32 Å². The van der Waals surface area contributed by atoms with E-state index in [2.05, 4.69) is 69.1 Å². The Bertz CT molecular complexity index is 354. The monoisotopic (exact) mass is 276 g/mol. The number of nitrogens with zero attached hydrogens (tertiary/aromatic N) is 1. The molecule has 20 heavy (non-hydrogen) atoms. The van der Waals surface area contributed by atoms with E-state index in [9.17, 15) is 0 Å². The fourth-order valence-electron chi connectivity index (χ4n) is 2.67. The van der Waals surface area contributed by atoms with Crippen molar-refractivity contribution in [2.24, 2.45) is 5.92 Å². The quantitative estimate of drug-likeness (QED) is 0.708. The van der Waals surface area contributed by atoms with Crippen molar-refractivity contribution in [3.8, 4) is 0 Å². The second-order valence-electron chi connectivity index (χ2n) is 5.59. The zero-order valence-electron chi connectivity index (χ0n) is 13.9. The van der Waals surface area contributed by atoms with Gasteiger partial charge in [-0.3, -0.25) is 0 Å². The molecule has 2 heteroatoms. The molecule has 0 aromatic heterocycles. The SMILES string of the molecule is CCNC(C)c1ccc(N(CC)CC(CC)CC)cc1. The number of rotatable bonds is 9. The third kappa shape index (κ3) is 4.82. The Labute approximate surface area is 125 Å². The number of benzene rings is 1. The number of nitrogens with one attached hydrogen (secondary N) is 1. The van der Waals surface area contributed by atoms with Gasteiger partial charge in [0.15, 0.2) is 0 Å². The lowest BCUT2D eigenvalue weighted by atomic mass is 10.0. The normalized spacial score (nSPS) is 12.7. The van der Waals surface area contributed by atoms with Crippen LogP contribution < -0.4 is 10.2 Å². The molecule has 0 aliphatic carbocycles. The molecule has 0 aliphatic rings. The molecule has 1 rings (SSSR count). The molecule has 0 radical (unpaired) electrons. The van der Waals surface area contributed by atoms with Crippen LogP contribution >= 0.6 is 0 Å². The Morgan fingerprint density at radius 2 is 1.60 bits per heavy atom. The minimum atomic E-state index is 0.433. The van der Waals surface area contributed by atoms with Gasteiger partial charge in [-0.25, -0.2) is 0 Å². The number of anilines is 1. The minimum absolute atomic E-state index is 0.433. The summed E-state index contributed by atoms with van der Waals surface area (Å²) in [6, 6.07) is 9.50. The van der Waals surface area contributed by atoms with Crippen molar-refractivity contribution in [3.63, 3.8) is 0 Å². The van der Waals surface area contributed by atoms with Crippen molar-refractivity contribution < 1.29 is 0 Å². The average molecular weight is 276 g/mol. The smallest absolute Gasteiger partial charge is 0.0366 e. The zero-order chi connectivity index (χ0) is 15.0. The highest BCUT2D eigenvalue weighted by molar-refractivity contribution is 5.48. The molecule has 0 saturated heterocycles. The first kappa shape index (κ1) is 17.0. The molecular formula is C18H32N2. The summed E-state index contributed by atoms with van der Waals surface area (Å²) in [5.41, 5.74) is 2.72. The van der Waals surface area contributed by atoms with Gasteiger partial charge in [-0.1, -0.05) is 45.7 Å². The van der Waals surface area contributed by atoms with E-state index in [1.165, 1.54) is 30.6 Å². The first-order chi connectivity index (χ1) is 9.65. The molecule has 0 fully saturated rings. The topological polar surface area (TPSA) is 15.3 Å². The summed E-state index contributed by atoms with van der Waals surface area (Å²) < 4.78 is 0. The predicted octanol–water partition coefficient (Wildman–Crippen LogP) is 4.62. The summed E-state index contributed by atoms with van der Waals surface area (Å²) in [7, 11) is 0. The Balaban J connectivity index is 2.74. The lowest BCUT2D eigenvalue weighted by molar-refractivity contribution is 0.486. The van der Waals surface area contributed by atoms with Crippen LogP contribution in [0.1, 0.15) is 59.1 Å². The Hall–Kier alpha value is -1.02. The highest BCUT2D eigenvalue weighted by Gasteiger charge is 2.11. The van der Waals surface area contributed by atoms with Crippen LogP contribution in [0.4, 0.5) is 5.69 Å². The van der Waals surface area contributed by atoms with Gasteiger partial charge in [-0.15, -0.1) is 0 Å². The Kier molecular flexibility index (Phi) is 7.68. The van der Waals surface area contributed by atoms with E-state index in [1.807, 2.05) is 0 Å². The maximum absolute atomic E-state index is 3.46. The average Bonchev–Trinajstić information content (AvgIpc) is 2.49. The molecule has 0 saturated carbocycles. The fraction of sp³-hybridized carbons (Fsp3) is 0.667. The van der Waals surface area contributed by atoms with Crippen molar-refractivity contribution in [3.05, 3.63) is 29.8 Å². The van der Waals surface area contributed by atoms with E-state index < -0.39 is 0 Å².